The summed E-state index contributed by atoms with van der Waals surface area (Å²) in [4.78, 5) is 27.1. The first-order valence-corrected chi connectivity index (χ1v) is 7.43. The summed E-state index contributed by atoms with van der Waals surface area (Å²) in [6.45, 7) is 11.1. The molecule has 2 fully saturated rings. The SMILES string of the molecule is CC(C)C1C(=O)NC(C(C)(C)C)C(=O)N1C1CCOC1. The minimum absolute atomic E-state index is 0.0331. The van der Waals surface area contributed by atoms with Crippen molar-refractivity contribution in [3.05, 3.63) is 0 Å². The van der Waals surface area contributed by atoms with E-state index < -0.39 is 6.04 Å². The van der Waals surface area contributed by atoms with Gasteiger partial charge < -0.3 is 15.0 Å². The summed E-state index contributed by atoms with van der Waals surface area (Å²) in [6, 6.07) is -0.802. The first kappa shape index (κ1) is 15.3. The van der Waals surface area contributed by atoms with Crippen LogP contribution in [0.2, 0.25) is 0 Å². The lowest BCUT2D eigenvalue weighted by Gasteiger charge is -2.46. The van der Waals surface area contributed by atoms with E-state index in [2.05, 4.69) is 5.32 Å². The summed E-state index contributed by atoms with van der Waals surface area (Å²) in [5.41, 5.74) is -0.285. The Kier molecular flexibility index (Phi) is 4.09. The average Bonchev–Trinajstić information content (AvgIpc) is 2.82. The van der Waals surface area contributed by atoms with Crippen LogP contribution in [0, 0.1) is 11.3 Å². The predicted octanol–water partition coefficient (Wildman–Crippen LogP) is 1.17. The molecule has 0 saturated carbocycles. The van der Waals surface area contributed by atoms with Gasteiger partial charge in [-0.25, -0.2) is 0 Å². The highest BCUT2D eigenvalue weighted by Crippen LogP contribution is 2.30. The van der Waals surface area contributed by atoms with Gasteiger partial charge in [-0.1, -0.05) is 34.6 Å². The smallest absolute Gasteiger partial charge is 0.246 e. The molecule has 1 N–H and O–H groups in total. The minimum atomic E-state index is -0.453. The van der Waals surface area contributed by atoms with Crippen molar-refractivity contribution in [2.24, 2.45) is 11.3 Å². The van der Waals surface area contributed by atoms with Gasteiger partial charge in [-0.05, 0) is 17.8 Å². The van der Waals surface area contributed by atoms with Crippen LogP contribution in [0.15, 0.2) is 0 Å². The Labute approximate surface area is 121 Å². The molecule has 2 amide bonds. The second-order valence-electron chi connectivity index (χ2n) is 7.26. The number of carbonyl (C=O) groups excluding carboxylic acids is 2. The molecule has 0 radical (unpaired) electrons. The molecule has 2 saturated heterocycles. The molecule has 2 aliphatic rings. The van der Waals surface area contributed by atoms with Crippen molar-refractivity contribution in [3.63, 3.8) is 0 Å². The van der Waals surface area contributed by atoms with Crippen molar-refractivity contribution in [2.75, 3.05) is 13.2 Å². The molecule has 3 unspecified atom stereocenters. The summed E-state index contributed by atoms with van der Waals surface area (Å²) in [6.07, 6.45) is 0.819. The van der Waals surface area contributed by atoms with Gasteiger partial charge in [0, 0.05) is 6.61 Å². The van der Waals surface area contributed by atoms with E-state index in [1.165, 1.54) is 0 Å². The van der Waals surface area contributed by atoms with Crippen LogP contribution < -0.4 is 5.32 Å². The van der Waals surface area contributed by atoms with Crippen LogP contribution in [0.5, 0.6) is 0 Å². The fraction of sp³-hybridized carbons (Fsp3) is 0.867. The largest absolute Gasteiger partial charge is 0.379 e. The maximum Gasteiger partial charge on any atom is 0.246 e. The number of ether oxygens (including phenoxy) is 1. The zero-order valence-corrected chi connectivity index (χ0v) is 13.1. The second kappa shape index (κ2) is 5.35. The van der Waals surface area contributed by atoms with Gasteiger partial charge in [-0.3, -0.25) is 9.59 Å². The maximum absolute atomic E-state index is 12.9. The maximum atomic E-state index is 12.9. The van der Waals surface area contributed by atoms with Gasteiger partial charge in [0.15, 0.2) is 0 Å². The van der Waals surface area contributed by atoms with Gasteiger partial charge in [-0.15, -0.1) is 0 Å². The van der Waals surface area contributed by atoms with Gasteiger partial charge in [0.2, 0.25) is 11.8 Å². The van der Waals surface area contributed by atoms with Crippen molar-refractivity contribution in [1.82, 2.24) is 10.2 Å². The Bertz CT molecular complexity index is 394. The van der Waals surface area contributed by atoms with Gasteiger partial charge in [0.25, 0.3) is 0 Å². The molecule has 2 heterocycles. The van der Waals surface area contributed by atoms with E-state index in [-0.39, 0.29) is 35.2 Å². The zero-order valence-electron chi connectivity index (χ0n) is 13.1. The zero-order chi connectivity index (χ0) is 15.1. The van der Waals surface area contributed by atoms with E-state index in [0.29, 0.717) is 13.2 Å². The topological polar surface area (TPSA) is 58.6 Å². The summed E-state index contributed by atoms with van der Waals surface area (Å²) in [5.74, 6) is 0.0955. The average molecular weight is 282 g/mol. The van der Waals surface area contributed by atoms with Crippen LogP contribution in [0.25, 0.3) is 0 Å². The quantitative estimate of drug-likeness (QED) is 0.827. The number of rotatable bonds is 2. The predicted molar refractivity (Wildman–Crippen MR) is 76.1 cm³/mol. The van der Waals surface area contributed by atoms with E-state index in [9.17, 15) is 9.59 Å². The van der Waals surface area contributed by atoms with Crippen LogP contribution >= 0.6 is 0 Å². The Morgan fingerprint density at radius 2 is 1.95 bits per heavy atom. The molecular formula is C15H26N2O3. The van der Waals surface area contributed by atoms with Crippen molar-refractivity contribution < 1.29 is 14.3 Å². The van der Waals surface area contributed by atoms with Crippen LogP contribution in [-0.4, -0.2) is 48.1 Å². The molecular weight excluding hydrogens is 256 g/mol. The normalized spacial score (nSPS) is 31.9. The van der Waals surface area contributed by atoms with Crippen LogP contribution in [0.3, 0.4) is 0 Å². The number of carbonyl (C=O) groups is 2. The third-order valence-corrected chi connectivity index (χ3v) is 4.15. The molecule has 0 aromatic heterocycles. The van der Waals surface area contributed by atoms with E-state index in [4.69, 9.17) is 4.74 Å². The van der Waals surface area contributed by atoms with Crippen LogP contribution in [-0.2, 0) is 14.3 Å². The van der Waals surface area contributed by atoms with Crippen molar-refractivity contribution in [1.29, 1.82) is 0 Å². The number of hydrogen-bond donors (Lipinski definition) is 1. The third-order valence-electron chi connectivity index (χ3n) is 4.15. The third kappa shape index (κ3) is 2.68. The number of piperazine rings is 1. The molecule has 3 atom stereocenters. The van der Waals surface area contributed by atoms with Crippen LogP contribution in [0.4, 0.5) is 0 Å². The molecule has 2 rings (SSSR count). The Morgan fingerprint density at radius 3 is 2.40 bits per heavy atom. The molecule has 20 heavy (non-hydrogen) atoms. The van der Waals surface area contributed by atoms with Crippen molar-refractivity contribution in [2.45, 2.75) is 59.2 Å². The Hall–Kier alpha value is -1.10. The van der Waals surface area contributed by atoms with Crippen molar-refractivity contribution in [3.8, 4) is 0 Å². The fourth-order valence-corrected chi connectivity index (χ4v) is 3.06. The molecule has 5 nitrogen and oxygen atoms in total. The number of nitrogens with zero attached hydrogens (tertiary/aromatic N) is 1. The molecule has 5 heteroatoms. The highest BCUT2D eigenvalue weighted by Gasteiger charge is 2.48. The number of nitrogens with one attached hydrogen (secondary N) is 1. The summed E-state index contributed by atoms with van der Waals surface area (Å²) in [5, 5.41) is 2.92. The van der Waals surface area contributed by atoms with Crippen LogP contribution in [0.1, 0.15) is 41.0 Å². The molecule has 0 bridgehead atoms. The van der Waals surface area contributed by atoms with E-state index in [1.54, 1.807) is 4.90 Å². The lowest BCUT2D eigenvalue weighted by molar-refractivity contribution is -0.157. The second-order valence-corrected chi connectivity index (χ2v) is 7.26. The minimum Gasteiger partial charge on any atom is -0.379 e. The standard InChI is InChI=1S/C15H26N2O3/c1-9(2)11-13(18)16-12(15(3,4)5)14(19)17(11)10-6-7-20-8-10/h9-12H,6-8H2,1-5H3,(H,16,18). The van der Waals surface area contributed by atoms with E-state index in [0.717, 1.165) is 6.42 Å². The first-order chi connectivity index (χ1) is 9.23. The molecule has 0 aliphatic carbocycles. The van der Waals surface area contributed by atoms with Gasteiger partial charge >= 0.3 is 0 Å². The lowest BCUT2D eigenvalue weighted by Crippen LogP contribution is -2.69. The van der Waals surface area contributed by atoms with Gasteiger partial charge in [0.1, 0.15) is 12.1 Å². The molecule has 0 spiro atoms. The Balaban J connectivity index is 2.33. The lowest BCUT2D eigenvalue weighted by atomic mass is 9.82. The molecule has 2 aliphatic heterocycles. The molecule has 0 aromatic rings. The number of amides is 2. The summed E-state index contributed by atoms with van der Waals surface area (Å²) >= 11 is 0. The van der Waals surface area contributed by atoms with Gasteiger partial charge in [0.05, 0.1) is 12.6 Å². The Morgan fingerprint density at radius 1 is 1.30 bits per heavy atom. The first-order valence-electron chi connectivity index (χ1n) is 7.43. The van der Waals surface area contributed by atoms with Crippen molar-refractivity contribution >= 4 is 11.8 Å². The van der Waals surface area contributed by atoms with Gasteiger partial charge in [-0.2, -0.15) is 0 Å². The van der Waals surface area contributed by atoms with E-state index in [1.807, 2.05) is 34.6 Å². The summed E-state index contributed by atoms with van der Waals surface area (Å²) in [7, 11) is 0. The summed E-state index contributed by atoms with van der Waals surface area (Å²) < 4.78 is 5.42. The van der Waals surface area contributed by atoms with E-state index >= 15 is 0 Å². The highest BCUT2D eigenvalue weighted by atomic mass is 16.5. The molecule has 114 valence electrons. The monoisotopic (exact) mass is 282 g/mol. The number of hydrogen-bond acceptors (Lipinski definition) is 3. The molecule has 0 aromatic carbocycles. The fourth-order valence-electron chi connectivity index (χ4n) is 3.06. The highest BCUT2D eigenvalue weighted by molar-refractivity contribution is 5.97.